The number of amides is 1. The minimum absolute atomic E-state index is 0.181. The Labute approximate surface area is 101 Å². The van der Waals surface area contributed by atoms with Crippen molar-refractivity contribution < 1.29 is 19.4 Å². The molecule has 2 unspecified atom stereocenters. The molecule has 1 fully saturated rings. The molecule has 6 nitrogen and oxygen atoms in total. The van der Waals surface area contributed by atoms with E-state index in [4.69, 9.17) is 9.84 Å². The summed E-state index contributed by atoms with van der Waals surface area (Å²) in [4.78, 5) is 22.6. The molecule has 0 saturated carbocycles. The summed E-state index contributed by atoms with van der Waals surface area (Å²) in [6, 6.07) is -0.361. The lowest BCUT2D eigenvalue weighted by atomic mass is 10.0. The van der Waals surface area contributed by atoms with Crippen molar-refractivity contribution in [3.8, 4) is 0 Å². The zero-order valence-electron chi connectivity index (χ0n) is 10.1. The fraction of sp³-hybridized carbons (Fsp3) is 0.818. The van der Waals surface area contributed by atoms with Gasteiger partial charge in [-0.25, -0.2) is 0 Å². The number of rotatable bonds is 6. The molecular formula is C11H20N2O4. The first-order valence-corrected chi connectivity index (χ1v) is 5.96. The topological polar surface area (TPSA) is 87.7 Å². The number of nitrogens with one attached hydrogen (secondary N) is 2. The lowest BCUT2D eigenvalue weighted by Gasteiger charge is -2.23. The maximum atomic E-state index is 11.7. The average Bonchev–Trinajstić information content (AvgIpc) is 2.34. The number of ether oxygens (including phenoxy) is 1. The van der Waals surface area contributed by atoms with Gasteiger partial charge < -0.3 is 20.5 Å². The predicted molar refractivity (Wildman–Crippen MR) is 61.7 cm³/mol. The molecule has 98 valence electrons. The Hall–Kier alpha value is -1.14. The van der Waals surface area contributed by atoms with Crippen LogP contribution in [0.1, 0.15) is 19.8 Å². The summed E-state index contributed by atoms with van der Waals surface area (Å²) >= 11 is 0. The van der Waals surface area contributed by atoms with Crippen LogP contribution in [-0.2, 0) is 14.3 Å². The van der Waals surface area contributed by atoms with Crippen LogP contribution < -0.4 is 10.6 Å². The van der Waals surface area contributed by atoms with E-state index in [0.717, 1.165) is 6.42 Å². The normalized spacial score (nSPS) is 21.8. The second-order valence-corrected chi connectivity index (χ2v) is 4.15. The maximum absolute atomic E-state index is 11.7. The van der Waals surface area contributed by atoms with Crippen molar-refractivity contribution in [2.45, 2.75) is 25.8 Å². The van der Waals surface area contributed by atoms with Gasteiger partial charge in [0.15, 0.2) is 0 Å². The fourth-order valence-electron chi connectivity index (χ4n) is 1.74. The van der Waals surface area contributed by atoms with Gasteiger partial charge in [0.2, 0.25) is 5.91 Å². The molecule has 0 radical (unpaired) electrons. The highest BCUT2D eigenvalue weighted by atomic mass is 16.5. The zero-order chi connectivity index (χ0) is 12.7. The Morgan fingerprint density at radius 3 is 2.88 bits per heavy atom. The molecule has 0 aromatic carbocycles. The van der Waals surface area contributed by atoms with Crippen LogP contribution in [0.2, 0.25) is 0 Å². The summed E-state index contributed by atoms with van der Waals surface area (Å²) in [5.74, 6) is -1.56. The van der Waals surface area contributed by atoms with E-state index in [-0.39, 0.29) is 18.5 Å². The monoisotopic (exact) mass is 244 g/mol. The molecule has 0 aliphatic carbocycles. The molecule has 0 spiro atoms. The lowest BCUT2D eigenvalue weighted by Crippen LogP contribution is -2.52. The molecule has 0 aromatic heterocycles. The molecule has 2 atom stereocenters. The number of carbonyl (C=O) groups excluding carboxylic acids is 1. The van der Waals surface area contributed by atoms with Crippen LogP contribution in [0.15, 0.2) is 0 Å². The summed E-state index contributed by atoms with van der Waals surface area (Å²) in [5.41, 5.74) is 0. The Morgan fingerprint density at radius 2 is 2.35 bits per heavy atom. The molecule has 3 N–H and O–H groups in total. The summed E-state index contributed by atoms with van der Waals surface area (Å²) in [6.07, 6.45) is 1.36. The van der Waals surface area contributed by atoms with Gasteiger partial charge in [-0.05, 0) is 6.42 Å². The van der Waals surface area contributed by atoms with E-state index in [1.807, 2.05) is 6.92 Å². The van der Waals surface area contributed by atoms with Gasteiger partial charge in [-0.1, -0.05) is 13.3 Å². The Morgan fingerprint density at radius 1 is 1.59 bits per heavy atom. The molecule has 6 heteroatoms. The number of carboxylic acid groups (broad SMARTS) is 1. The maximum Gasteiger partial charge on any atom is 0.308 e. The van der Waals surface area contributed by atoms with E-state index < -0.39 is 11.9 Å². The summed E-state index contributed by atoms with van der Waals surface area (Å²) < 4.78 is 5.17. The summed E-state index contributed by atoms with van der Waals surface area (Å²) in [7, 11) is 0. The molecule has 0 aromatic rings. The van der Waals surface area contributed by atoms with Crippen molar-refractivity contribution in [1.82, 2.24) is 10.6 Å². The van der Waals surface area contributed by atoms with Crippen LogP contribution in [-0.4, -0.2) is 49.3 Å². The van der Waals surface area contributed by atoms with Crippen molar-refractivity contribution in [3.05, 3.63) is 0 Å². The summed E-state index contributed by atoms with van der Waals surface area (Å²) in [5, 5.41) is 14.6. The van der Waals surface area contributed by atoms with Gasteiger partial charge in [0.05, 0.1) is 19.1 Å². The standard InChI is InChI=1S/C11H20N2O4/c1-2-3-8(11(15)16)6-13-10(14)9-7-17-5-4-12-9/h8-9,12H,2-7H2,1H3,(H,13,14)(H,15,16). The second kappa shape index (κ2) is 7.24. The van der Waals surface area contributed by atoms with Crippen molar-refractivity contribution in [1.29, 1.82) is 0 Å². The highest BCUT2D eigenvalue weighted by Gasteiger charge is 2.23. The third kappa shape index (κ3) is 4.70. The minimum atomic E-state index is -0.861. The Balaban J connectivity index is 2.32. The highest BCUT2D eigenvalue weighted by Crippen LogP contribution is 2.05. The van der Waals surface area contributed by atoms with Crippen molar-refractivity contribution in [2.24, 2.45) is 5.92 Å². The van der Waals surface area contributed by atoms with Crippen LogP contribution in [0.4, 0.5) is 0 Å². The first-order chi connectivity index (χ1) is 8.15. The zero-order valence-corrected chi connectivity index (χ0v) is 10.1. The van der Waals surface area contributed by atoms with Crippen molar-refractivity contribution >= 4 is 11.9 Å². The first-order valence-electron chi connectivity index (χ1n) is 5.96. The second-order valence-electron chi connectivity index (χ2n) is 4.15. The van der Waals surface area contributed by atoms with E-state index in [1.165, 1.54) is 0 Å². The third-order valence-corrected chi connectivity index (χ3v) is 2.75. The Bertz CT molecular complexity index is 264. The third-order valence-electron chi connectivity index (χ3n) is 2.75. The van der Waals surface area contributed by atoms with Gasteiger partial charge in [0.25, 0.3) is 0 Å². The number of morpholine rings is 1. The molecule has 0 bridgehead atoms. The molecule has 1 saturated heterocycles. The molecule has 1 heterocycles. The van der Waals surface area contributed by atoms with E-state index in [2.05, 4.69) is 10.6 Å². The number of hydrogen-bond donors (Lipinski definition) is 3. The fourth-order valence-corrected chi connectivity index (χ4v) is 1.74. The first kappa shape index (κ1) is 13.9. The molecule has 1 aliphatic rings. The van der Waals surface area contributed by atoms with E-state index in [0.29, 0.717) is 26.2 Å². The smallest absolute Gasteiger partial charge is 0.308 e. The van der Waals surface area contributed by atoms with Crippen molar-refractivity contribution in [3.63, 3.8) is 0 Å². The van der Waals surface area contributed by atoms with Gasteiger partial charge >= 0.3 is 5.97 Å². The predicted octanol–water partition coefficient (Wildman–Crippen LogP) is -0.408. The Kier molecular flexibility index (Phi) is 5.93. The number of carboxylic acids is 1. The largest absolute Gasteiger partial charge is 0.481 e. The van der Waals surface area contributed by atoms with Gasteiger partial charge in [0, 0.05) is 13.1 Å². The van der Waals surface area contributed by atoms with Gasteiger partial charge in [-0.15, -0.1) is 0 Å². The van der Waals surface area contributed by atoms with Crippen LogP contribution in [0.5, 0.6) is 0 Å². The number of hydrogen-bond acceptors (Lipinski definition) is 4. The molecule has 1 aliphatic heterocycles. The molecule has 1 rings (SSSR count). The molecule has 1 amide bonds. The summed E-state index contributed by atoms with van der Waals surface area (Å²) in [6.45, 7) is 3.71. The lowest BCUT2D eigenvalue weighted by molar-refractivity contribution is -0.142. The van der Waals surface area contributed by atoms with E-state index >= 15 is 0 Å². The van der Waals surface area contributed by atoms with Gasteiger partial charge in [-0.3, -0.25) is 9.59 Å². The average molecular weight is 244 g/mol. The molecule has 17 heavy (non-hydrogen) atoms. The molecular weight excluding hydrogens is 224 g/mol. The van der Waals surface area contributed by atoms with Crippen LogP contribution in [0, 0.1) is 5.92 Å². The van der Waals surface area contributed by atoms with Gasteiger partial charge in [0.1, 0.15) is 6.04 Å². The van der Waals surface area contributed by atoms with Crippen molar-refractivity contribution in [2.75, 3.05) is 26.3 Å². The number of carbonyl (C=O) groups is 2. The van der Waals surface area contributed by atoms with Gasteiger partial charge in [-0.2, -0.15) is 0 Å². The SMILES string of the molecule is CCCC(CNC(=O)C1COCCN1)C(=O)O. The minimum Gasteiger partial charge on any atom is -0.481 e. The van der Waals surface area contributed by atoms with Crippen LogP contribution >= 0.6 is 0 Å². The van der Waals surface area contributed by atoms with Crippen LogP contribution in [0.3, 0.4) is 0 Å². The van der Waals surface area contributed by atoms with Crippen LogP contribution in [0.25, 0.3) is 0 Å². The van der Waals surface area contributed by atoms with E-state index in [9.17, 15) is 9.59 Å². The quantitative estimate of drug-likeness (QED) is 0.591. The highest BCUT2D eigenvalue weighted by molar-refractivity contribution is 5.82. The number of aliphatic carboxylic acids is 1. The van der Waals surface area contributed by atoms with E-state index in [1.54, 1.807) is 0 Å².